The average Bonchev–Trinajstić information content (AvgIpc) is 2.44. The minimum absolute atomic E-state index is 0.732. The van der Waals surface area contributed by atoms with Gasteiger partial charge in [-0.05, 0) is 37.8 Å². The van der Waals surface area contributed by atoms with E-state index < -0.39 is 0 Å². The van der Waals surface area contributed by atoms with E-state index in [1.807, 2.05) is 26.8 Å². The standard InChI is InChI=1S/C16H30N2.C2H6/c1-6-8-12-18-16(7-2)10-9-15(5)17-13-11-14(3)4;1-2/h7,9-10,14,17-18H,5-6,8,11-13H2,1-4H3;1-2H3/b10-9-,16-7+;. The van der Waals surface area contributed by atoms with Crippen molar-refractivity contribution in [1.29, 1.82) is 0 Å². The molecule has 0 radical (unpaired) electrons. The van der Waals surface area contributed by atoms with Crippen LogP contribution in [-0.2, 0) is 0 Å². The van der Waals surface area contributed by atoms with E-state index in [0.29, 0.717) is 0 Å². The molecule has 0 fully saturated rings. The Morgan fingerprint density at radius 3 is 2.25 bits per heavy atom. The van der Waals surface area contributed by atoms with Crippen molar-refractivity contribution in [1.82, 2.24) is 10.6 Å². The number of rotatable bonds is 10. The lowest BCUT2D eigenvalue weighted by molar-refractivity contribution is 0.566. The number of nitrogens with one attached hydrogen (secondary N) is 2. The lowest BCUT2D eigenvalue weighted by Crippen LogP contribution is -2.15. The van der Waals surface area contributed by atoms with Crippen molar-refractivity contribution in [2.45, 2.75) is 60.8 Å². The Bertz CT molecular complexity index is 275. The molecule has 0 aromatic rings. The van der Waals surface area contributed by atoms with Crippen LogP contribution < -0.4 is 10.6 Å². The van der Waals surface area contributed by atoms with E-state index in [4.69, 9.17) is 0 Å². The van der Waals surface area contributed by atoms with Crippen LogP contribution in [-0.4, -0.2) is 13.1 Å². The highest BCUT2D eigenvalue weighted by molar-refractivity contribution is 5.23. The van der Waals surface area contributed by atoms with Gasteiger partial charge in [-0.3, -0.25) is 0 Å². The second-order valence-corrected chi connectivity index (χ2v) is 4.99. The molecule has 0 unspecified atom stereocenters. The number of unbranched alkanes of at least 4 members (excludes halogenated alkanes) is 1. The quantitative estimate of drug-likeness (QED) is 0.434. The molecule has 2 N–H and O–H groups in total. The van der Waals surface area contributed by atoms with E-state index in [2.05, 4.69) is 50.1 Å². The molecule has 20 heavy (non-hydrogen) atoms. The van der Waals surface area contributed by atoms with Gasteiger partial charge in [0.2, 0.25) is 0 Å². The summed E-state index contributed by atoms with van der Waals surface area (Å²) in [6.07, 6.45) is 9.82. The number of hydrogen-bond donors (Lipinski definition) is 2. The van der Waals surface area contributed by atoms with Gasteiger partial charge in [0, 0.05) is 24.5 Å². The largest absolute Gasteiger partial charge is 0.386 e. The Hall–Kier alpha value is -1.18. The summed E-state index contributed by atoms with van der Waals surface area (Å²) in [4.78, 5) is 0. The third-order valence-electron chi connectivity index (χ3n) is 2.71. The topological polar surface area (TPSA) is 24.1 Å². The van der Waals surface area contributed by atoms with Gasteiger partial charge in [0.05, 0.1) is 0 Å². The third-order valence-corrected chi connectivity index (χ3v) is 2.71. The molecule has 0 saturated heterocycles. The summed E-state index contributed by atoms with van der Waals surface area (Å²) in [6.45, 7) is 18.7. The molecule has 0 heterocycles. The molecule has 118 valence electrons. The van der Waals surface area contributed by atoms with Gasteiger partial charge in [0.25, 0.3) is 0 Å². The average molecular weight is 280 g/mol. The molecule has 0 bridgehead atoms. The fourth-order valence-corrected chi connectivity index (χ4v) is 1.44. The highest BCUT2D eigenvalue weighted by atomic mass is 14.9. The first-order chi connectivity index (χ1) is 9.60. The van der Waals surface area contributed by atoms with E-state index in [1.54, 1.807) is 0 Å². The second kappa shape index (κ2) is 15.9. The fraction of sp³-hybridized carbons (Fsp3) is 0.667. The lowest BCUT2D eigenvalue weighted by atomic mass is 10.1. The van der Waals surface area contributed by atoms with Crippen LogP contribution in [0.1, 0.15) is 60.8 Å². The maximum Gasteiger partial charge on any atom is 0.0297 e. The van der Waals surface area contributed by atoms with E-state index in [0.717, 1.165) is 30.4 Å². The Morgan fingerprint density at radius 2 is 1.75 bits per heavy atom. The van der Waals surface area contributed by atoms with Crippen LogP contribution in [0.2, 0.25) is 0 Å². The van der Waals surface area contributed by atoms with Crippen molar-refractivity contribution < 1.29 is 0 Å². The van der Waals surface area contributed by atoms with Crippen LogP contribution in [0, 0.1) is 5.92 Å². The van der Waals surface area contributed by atoms with E-state index in [9.17, 15) is 0 Å². The van der Waals surface area contributed by atoms with E-state index >= 15 is 0 Å². The molecule has 0 aromatic heterocycles. The minimum atomic E-state index is 0.732. The second-order valence-electron chi connectivity index (χ2n) is 4.99. The summed E-state index contributed by atoms with van der Waals surface area (Å²) in [5, 5.41) is 6.73. The Kier molecular flexibility index (Phi) is 16.8. The Labute approximate surface area is 127 Å². The molecule has 0 amide bonds. The van der Waals surface area contributed by atoms with Crippen LogP contribution >= 0.6 is 0 Å². The van der Waals surface area contributed by atoms with Crippen LogP contribution in [0.5, 0.6) is 0 Å². The summed E-state index contributed by atoms with van der Waals surface area (Å²) in [7, 11) is 0. The van der Waals surface area contributed by atoms with Crippen molar-refractivity contribution >= 4 is 0 Å². The van der Waals surface area contributed by atoms with E-state index in [1.165, 1.54) is 19.3 Å². The summed E-state index contributed by atoms with van der Waals surface area (Å²) >= 11 is 0. The van der Waals surface area contributed by atoms with Crippen LogP contribution in [0.25, 0.3) is 0 Å². The smallest absolute Gasteiger partial charge is 0.0297 e. The maximum atomic E-state index is 4.00. The van der Waals surface area contributed by atoms with Crippen LogP contribution in [0.3, 0.4) is 0 Å². The molecule has 0 aliphatic carbocycles. The lowest BCUT2D eigenvalue weighted by Gasteiger charge is -2.09. The molecular weight excluding hydrogens is 244 g/mol. The highest BCUT2D eigenvalue weighted by Gasteiger charge is 1.94. The third kappa shape index (κ3) is 14.9. The predicted molar refractivity (Wildman–Crippen MR) is 93.8 cm³/mol. The molecule has 2 nitrogen and oxygen atoms in total. The summed E-state index contributed by atoms with van der Waals surface area (Å²) in [6, 6.07) is 0. The normalized spacial score (nSPS) is 11.2. The molecule has 0 aliphatic heterocycles. The summed E-state index contributed by atoms with van der Waals surface area (Å²) in [5.74, 6) is 0.732. The van der Waals surface area contributed by atoms with Crippen molar-refractivity contribution in [2.75, 3.05) is 13.1 Å². The molecule has 0 aliphatic rings. The highest BCUT2D eigenvalue weighted by Crippen LogP contribution is 2.00. The minimum Gasteiger partial charge on any atom is -0.386 e. The molecule has 0 spiro atoms. The zero-order valence-electron chi connectivity index (χ0n) is 14.6. The summed E-state index contributed by atoms with van der Waals surface area (Å²) < 4.78 is 0. The fourth-order valence-electron chi connectivity index (χ4n) is 1.44. The SMILES string of the molecule is C=C(/C=C\C(=C/C)NCCCC)NCCC(C)C.CC. The van der Waals surface area contributed by atoms with Crippen molar-refractivity contribution in [2.24, 2.45) is 5.92 Å². The van der Waals surface area contributed by atoms with Gasteiger partial charge < -0.3 is 10.6 Å². The summed E-state index contributed by atoms with van der Waals surface area (Å²) in [5.41, 5.74) is 2.14. The van der Waals surface area contributed by atoms with Gasteiger partial charge in [-0.25, -0.2) is 0 Å². The van der Waals surface area contributed by atoms with Gasteiger partial charge in [-0.2, -0.15) is 0 Å². The molecule has 0 aromatic carbocycles. The Morgan fingerprint density at radius 1 is 1.10 bits per heavy atom. The molecule has 0 atom stereocenters. The molecular formula is C18H36N2. The van der Waals surface area contributed by atoms with Crippen LogP contribution in [0.15, 0.2) is 36.2 Å². The predicted octanol–water partition coefficient (Wildman–Crippen LogP) is 5.01. The van der Waals surface area contributed by atoms with Crippen molar-refractivity contribution in [3.8, 4) is 0 Å². The maximum absolute atomic E-state index is 4.00. The van der Waals surface area contributed by atoms with Crippen molar-refractivity contribution in [3.63, 3.8) is 0 Å². The van der Waals surface area contributed by atoms with Crippen LogP contribution in [0.4, 0.5) is 0 Å². The monoisotopic (exact) mass is 280 g/mol. The van der Waals surface area contributed by atoms with Gasteiger partial charge >= 0.3 is 0 Å². The van der Waals surface area contributed by atoms with Gasteiger partial charge in [-0.15, -0.1) is 0 Å². The first kappa shape index (κ1) is 21.1. The first-order valence-corrected chi connectivity index (χ1v) is 8.11. The number of allylic oxidation sites excluding steroid dienone is 3. The van der Waals surface area contributed by atoms with Gasteiger partial charge in [-0.1, -0.05) is 53.7 Å². The van der Waals surface area contributed by atoms with Crippen molar-refractivity contribution in [3.05, 3.63) is 36.2 Å². The zero-order valence-corrected chi connectivity index (χ0v) is 14.6. The molecule has 2 heteroatoms. The molecule has 0 saturated carbocycles. The molecule has 0 rings (SSSR count). The zero-order chi connectivity index (χ0) is 15.8. The number of hydrogen-bond acceptors (Lipinski definition) is 2. The first-order valence-electron chi connectivity index (χ1n) is 8.11. The Balaban J connectivity index is 0. The van der Waals surface area contributed by atoms with Gasteiger partial charge in [0.1, 0.15) is 0 Å². The van der Waals surface area contributed by atoms with Gasteiger partial charge in [0.15, 0.2) is 0 Å². The van der Waals surface area contributed by atoms with E-state index in [-0.39, 0.29) is 0 Å².